The minimum absolute atomic E-state index is 0.659. The molecule has 2 aromatic rings. The van der Waals surface area contributed by atoms with E-state index in [0.29, 0.717) is 6.42 Å². The first-order valence-electron chi connectivity index (χ1n) is 4.85. The lowest BCUT2D eigenvalue weighted by Crippen LogP contribution is -2.20. The Hall–Kier alpha value is -0.570. The van der Waals surface area contributed by atoms with Crippen molar-refractivity contribution in [2.24, 2.45) is 0 Å². The van der Waals surface area contributed by atoms with Gasteiger partial charge in [0.2, 0.25) is 0 Å². The molecule has 0 spiro atoms. The zero-order chi connectivity index (χ0) is 11.1. The van der Waals surface area contributed by atoms with Crippen LogP contribution in [-0.4, -0.2) is 10.7 Å². The van der Waals surface area contributed by atoms with E-state index in [9.17, 15) is 5.11 Å². The molecule has 1 heterocycles. The largest absolute Gasteiger partial charge is 0.390 e. The van der Waals surface area contributed by atoms with Gasteiger partial charge in [-0.15, -0.1) is 11.3 Å². The van der Waals surface area contributed by atoms with Gasteiger partial charge in [0.15, 0.2) is 0 Å². The Morgan fingerprint density at radius 1 is 1.40 bits per heavy atom. The number of rotatable bonds is 2. The summed E-state index contributed by atoms with van der Waals surface area (Å²) in [5.41, 5.74) is -0.659. The maximum Gasteiger partial charge on any atom is 0.0639 e. The lowest BCUT2D eigenvalue weighted by atomic mass is 10.0. The third-order valence-electron chi connectivity index (χ3n) is 2.15. The van der Waals surface area contributed by atoms with E-state index < -0.39 is 5.60 Å². The second-order valence-corrected chi connectivity index (χ2v) is 5.90. The molecule has 3 heteroatoms. The molecule has 15 heavy (non-hydrogen) atoms. The predicted octanol–water partition coefficient (Wildman–Crippen LogP) is 3.87. The number of hydrogen-bond donors (Lipinski definition) is 1. The first kappa shape index (κ1) is 10.9. The van der Waals surface area contributed by atoms with E-state index in [1.165, 1.54) is 4.88 Å². The number of benzene rings is 1. The van der Waals surface area contributed by atoms with Gasteiger partial charge in [0.25, 0.3) is 0 Å². The van der Waals surface area contributed by atoms with Gasteiger partial charge in [-0.1, -0.05) is 23.7 Å². The summed E-state index contributed by atoms with van der Waals surface area (Å²) in [7, 11) is 0. The molecule has 0 aliphatic heterocycles. The summed E-state index contributed by atoms with van der Waals surface area (Å²) in [6.07, 6.45) is 0.669. The molecule has 1 aromatic heterocycles. The third kappa shape index (κ3) is 2.51. The highest BCUT2D eigenvalue weighted by atomic mass is 35.5. The molecule has 1 nitrogen and oxygen atoms in total. The van der Waals surface area contributed by atoms with Crippen LogP contribution in [0.2, 0.25) is 5.02 Å². The Morgan fingerprint density at radius 2 is 2.13 bits per heavy atom. The van der Waals surface area contributed by atoms with Gasteiger partial charge in [0.1, 0.15) is 0 Å². The summed E-state index contributed by atoms with van der Waals surface area (Å²) in [4.78, 5) is 1.17. The SMILES string of the molecule is CC(C)(O)Cc1cc2cccc(Cl)c2s1. The third-order valence-corrected chi connectivity index (χ3v) is 3.77. The van der Waals surface area contributed by atoms with Crippen molar-refractivity contribution in [3.63, 3.8) is 0 Å². The first-order valence-corrected chi connectivity index (χ1v) is 6.04. The molecule has 0 fully saturated rings. The van der Waals surface area contributed by atoms with Crippen molar-refractivity contribution < 1.29 is 5.11 Å². The molecular weight excluding hydrogens is 228 g/mol. The molecule has 1 N–H and O–H groups in total. The predicted molar refractivity (Wildman–Crippen MR) is 66.8 cm³/mol. The molecule has 0 radical (unpaired) electrons. The van der Waals surface area contributed by atoms with Crippen molar-refractivity contribution in [1.29, 1.82) is 0 Å². The lowest BCUT2D eigenvalue weighted by Gasteiger charge is -2.14. The maximum absolute atomic E-state index is 9.74. The van der Waals surface area contributed by atoms with Crippen LogP contribution in [0, 0.1) is 0 Å². The maximum atomic E-state index is 9.74. The van der Waals surface area contributed by atoms with Crippen molar-refractivity contribution in [2.45, 2.75) is 25.9 Å². The standard InChI is InChI=1S/C12H13ClOS/c1-12(2,14)7-9-6-8-4-3-5-10(13)11(8)15-9/h3-6,14H,7H2,1-2H3. The summed E-state index contributed by atoms with van der Waals surface area (Å²) in [6.45, 7) is 3.64. The fourth-order valence-corrected chi connectivity index (χ4v) is 3.18. The van der Waals surface area contributed by atoms with Crippen LogP contribution < -0.4 is 0 Å². The van der Waals surface area contributed by atoms with Crippen LogP contribution >= 0.6 is 22.9 Å². The molecule has 80 valence electrons. The number of hydrogen-bond acceptors (Lipinski definition) is 2. The second kappa shape index (κ2) is 3.78. The summed E-state index contributed by atoms with van der Waals surface area (Å²) < 4.78 is 1.11. The summed E-state index contributed by atoms with van der Waals surface area (Å²) in [6, 6.07) is 7.99. The highest BCUT2D eigenvalue weighted by Crippen LogP contribution is 2.33. The molecule has 0 saturated heterocycles. The average Bonchev–Trinajstić information content (AvgIpc) is 2.45. The van der Waals surface area contributed by atoms with Crippen LogP contribution in [0.25, 0.3) is 10.1 Å². The zero-order valence-corrected chi connectivity index (χ0v) is 10.3. The van der Waals surface area contributed by atoms with Gasteiger partial charge < -0.3 is 5.11 Å². The monoisotopic (exact) mass is 240 g/mol. The molecule has 0 bridgehead atoms. The van der Waals surface area contributed by atoms with E-state index in [0.717, 1.165) is 15.1 Å². The molecular formula is C12H13ClOS. The van der Waals surface area contributed by atoms with E-state index in [-0.39, 0.29) is 0 Å². The molecule has 1 aromatic carbocycles. The molecule has 0 atom stereocenters. The van der Waals surface area contributed by atoms with Gasteiger partial charge in [-0.25, -0.2) is 0 Å². The fraction of sp³-hybridized carbons (Fsp3) is 0.333. The molecule has 0 amide bonds. The van der Waals surface area contributed by atoms with Crippen molar-refractivity contribution in [1.82, 2.24) is 0 Å². The van der Waals surface area contributed by atoms with E-state index >= 15 is 0 Å². The molecule has 0 aliphatic rings. The highest BCUT2D eigenvalue weighted by Gasteiger charge is 2.15. The van der Waals surface area contributed by atoms with Crippen LogP contribution in [0.15, 0.2) is 24.3 Å². The molecule has 0 aliphatic carbocycles. The summed E-state index contributed by atoms with van der Waals surface area (Å²) in [5, 5.41) is 11.7. The van der Waals surface area contributed by atoms with E-state index in [2.05, 4.69) is 6.07 Å². The first-order chi connectivity index (χ1) is 6.96. The van der Waals surface area contributed by atoms with Gasteiger partial charge in [-0.3, -0.25) is 0 Å². The minimum atomic E-state index is -0.659. The van der Waals surface area contributed by atoms with Crippen LogP contribution in [0.4, 0.5) is 0 Å². The van der Waals surface area contributed by atoms with Crippen LogP contribution in [0.5, 0.6) is 0 Å². The van der Waals surface area contributed by atoms with Crippen molar-refractivity contribution in [2.75, 3.05) is 0 Å². The Bertz CT molecular complexity index is 482. The smallest absolute Gasteiger partial charge is 0.0639 e. The molecule has 0 saturated carbocycles. The van der Waals surface area contributed by atoms with Crippen LogP contribution in [0.1, 0.15) is 18.7 Å². The van der Waals surface area contributed by atoms with Crippen LogP contribution in [-0.2, 0) is 6.42 Å². The van der Waals surface area contributed by atoms with Gasteiger partial charge in [0, 0.05) is 11.3 Å². The Kier molecular flexibility index (Phi) is 2.75. The van der Waals surface area contributed by atoms with Crippen molar-refractivity contribution >= 4 is 33.0 Å². The Balaban J connectivity index is 2.44. The van der Waals surface area contributed by atoms with E-state index in [1.807, 2.05) is 32.0 Å². The minimum Gasteiger partial charge on any atom is -0.390 e. The zero-order valence-electron chi connectivity index (χ0n) is 8.75. The highest BCUT2D eigenvalue weighted by molar-refractivity contribution is 7.19. The van der Waals surface area contributed by atoms with E-state index in [4.69, 9.17) is 11.6 Å². The van der Waals surface area contributed by atoms with Crippen LogP contribution in [0.3, 0.4) is 0 Å². The average molecular weight is 241 g/mol. The Labute approximate surface area is 98.3 Å². The number of fused-ring (bicyclic) bond motifs is 1. The summed E-state index contributed by atoms with van der Waals surface area (Å²) in [5.74, 6) is 0. The van der Waals surface area contributed by atoms with Gasteiger partial charge >= 0.3 is 0 Å². The van der Waals surface area contributed by atoms with Gasteiger partial charge in [-0.2, -0.15) is 0 Å². The molecule has 0 unspecified atom stereocenters. The number of halogens is 1. The number of thiophene rings is 1. The quantitative estimate of drug-likeness (QED) is 0.845. The van der Waals surface area contributed by atoms with Gasteiger partial charge in [-0.05, 0) is 31.4 Å². The number of aliphatic hydroxyl groups is 1. The normalized spacial score (nSPS) is 12.3. The fourth-order valence-electron chi connectivity index (χ4n) is 1.59. The van der Waals surface area contributed by atoms with Crippen molar-refractivity contribution in [3.8, 4) is 0 Å². The summed E-state index contributed by atoms with van der Waals surface area (Å²) >= 11 is 7.75. The topological polar surface area (TPSA) is 20.2 Å². The second-order valence-electron chi connectivity index (χ2n) is 4.36. The molecule has 2 rings (SSSR count). The lowest BCUT2D eigenvalue weighted by molar-refractivity contribution is 0.0819. The van der Waals surface area contributed by atoms with Gasteiger partial charge in [0.05, 0.1) is 15.3 Å². The van der Waals surface area contributed by atoms with E-state index in [1.54, 1.807) is 11.3 Å². The Morgan fingerprint density at radius 3 is 2.73 bits per heavy atom. The van der Waals surface area contributed by atoms with Crippen molar-refractivity contribution in [3.05, 3.63) is 34.2 Å².